The van der Waals surface area contributed by atoms with Crippen LogP contribution in [0.15, 0.2) is 48.7 Å². The minimum Gasteiger partial charge on any atom is -0.295 e. The van der Waals surface area contributed by atoms with Crippen molar-refractivity contribution in [2.75, 3.05) is 5.43 Å². The van der Waals surface area contributed by atoms with E-state index in [1.807, 2.05) is 45.0 Å². The van der Waals surface area contributed by atoms with Crippen molar-refractivity contribution in [2.24, 2.45) is 0 Å². The number of fused-ring (bicyclic) bond motifs is 1. The first-order chi connectivity index (χ1) is 15.3. The number of carbonyl (C=O) groups is 1. The Morgan fingerprint density at radius 1 is 1.06 bits per heavy atom. The highest BCUT2D eigenvalue weighted by Crippen LogP contribution is 2.28. The minimum atomic E-state index is -1.63. The highest BCUT2D eigenvalue weighted by atomic mass is 19.2. The maximum atomic E-state index is 13.9. The summed E-state index contributed by atoms with van der Waals surface area (Å²) in [4.78, 5) is 17.7. The molecule has 0 radical (unpaired) electrons. The number of pyridine rings is 1. The first-order valence-electron chi connectivity index (χ1n) is 9.92. The summed E-state index contributed by atoms with van der Waals surface area (Å²) in [7, 11) is 0. The lowest BCUT2D eigenvalue weighted by Crippen LogP contribution is -2.30. The molecule has 2 aromatic carbocycles. The molecule has 6 nitrogen and oxygen atoms in total. The van der Waals surface area contributed by atoms with Crippen LogP contribution in [-0.2, 0) is 0 Å². The van der Waals surface area contributed by atoms with Crippen molar-refractivity contribution in [3.05, 3.63) is 77.2 Å². The Kier molecular flexibility index (Phi) is 5.56. The van der Waals surface area contributed by atoms with Gasteiger partial charge in [-0.2, -0.15) is 5.10 Å². The maximum absolute atomic E-state index is 13.9. The monoisotopic (exact) mass is 439 g/mol. The summed E-state index contributed by atoms with van der Waals surface area (Å²) in [5.74, 6) is -4.99. The second-order valence-electron chi connectivity index (χ2n) is 7.59. The third-order valence-electron chi connectivity index (χ3n) is 5.07. The first-order valence-corrected chi connectivity index (χ1v) is 9.92. The molecule has 4 aromatic rings. The Balaban J connectivity index is 1.76. The number of halogens is 3. The molecule has 0 spiro atoms. The fourth-order valence-electron chi connectivity index (χ4n) is 3.40. The Morgan fingerprint density at radius 3 is 2.53 bits per heavy atom. The largest absolute Gasteiger partial charge is 0.295 e. The summed E-state index contributed by atoms with van der Waals surface area (Å²) in [6.07, 6.45) is 1.54. The number of hydrogen-bond donors (Lipinski definition) is 2. The van der Waals surface area contributed by atoms with Gasteiger partial charge in [0.1, 0.15) is 0 Å². The van der Waals surface area contributed by atoms with Gasteiger partial charge in [-0.25, -0.2) is 22.8 Å². The van der Waals surface area contributed by atoms with Gasteiger partial charge in [0.2, 0.25) is 0 Å². The van der Waals surface area contributed by atoms with Crippen molar-refractivity contribution in [1.29, 1.82) is 0 Å². The molecule has 1 amide bonds. The van der Waals surface area contributed by atoms with Gasteiger partial charge in [0.25, 0.3) is 5.91 Å². The van der Waals surface area contributed by atoms with Crippen LogP contribution in [0.2, 0.25) is 0 Å². The van der Waals surface area contributed by atoms with E-state index in [0.29, 0.717) is 16.7 Å². The van der Waals surface area contributed by atoms with Crippen LogP contribution < -0.4 is 10.9 Å². The number of hydrogen-bond acceptors (Lipinski definition) is 4. The predicted octanol–water partition coefficient (Wildman–Crippen LogP) is 5.16. The number of benzene rings is 2. The zero-order valence-corrected chi connectivity index (χ0v) is 17.6. The number of anilines is 1. The molecule has 0 saturated carbocycles. The van der Waals surface area contributed by atoms with Crippen molar-refractivity contribution < 1.29 is 18.0 Å². The van der Waals surface area contributed by atoms with Crippen LogP contribution in [0.4, 0.5) is 18.9 Å². The highest BCUT2D eigenvalue weighted by molar-refractivity contribution is 6.07. The number of nitrogens with one attached hydrogen (secondary N) is 2. The number of hydrazine groups is 1. The normalized spacial score (nSPS) is 11.2. The Bertz CT molecular complexity index is 1330. The molecule has 2 aromatic heterocycles. The van der Waals surface area contributed by atoms with Crippen molar-refractivity contribution in [3.63, 3.8) is 0 Å². The lowest BCUT2D eigenvalue weighted by atomic mass is 10.0. The number of aryl methyl sites for hydroxylation is 1. The van der Waals surface area contributed by atoms with Gasteiger partial charge in [0.15, 0.2) is 23.1 Å². The van der Waals surface area contributed by atoms with E-state index < -0.39 is 29.0 Å². The molecule has 0 aliphatic heterocycles. The van der Waals surface area contributed by atoms with E-state index in [-0.39, 0.29) is 11.6 Å². The standard InChI is InChI=1S/C23H20F3N5O/c1-12(2)31-22-16(11-27-31)15(10-19(28-22)14-7-5-4-6-13(14)3)23(32)30-29-18-9-8-17(24)20(25)21(18)26/h4-12,29H,1-3H3,(H,30,32). The van der Waals surface area contributed by atoms with Crippen LogP contribution in [0.3, 0.4) is 0 Å². The highest BCUT2D eigenvalue weighted by Gasteiger charge is 2.20. The molecule has 0 unspecified atom stereocenters. The third-order valence-corrected chi connectivity index (χ3v) is 5.07. The molecule has 32 heavy (non-hydrogen) atoms. The first kappa shape index (κ1) is 21.4. The zero-order chi connectivity index (χ0) is 23.0. The molecular formula is C23H20F3N5O. The molecule has 9 heteroatoms. The maximum Gasteiger partial charge on any atom is 0.270 e. The van der Waals surface area contributed by atoms with Gasteiger partial charge in [-0.05, 0) is 44.5 Å². The molecule has 2 heterocycles. The van der Waals surface area contributed by atoms with Gasteiger partial charge in [0.05, 0.1) is 28.5 Å². The molecule has 0 saturated heterocycles. The van der Waals surface area contributed by atoms with Crippen LogP contribution in [0.25, 0.3) is 22.3 Å². The van der Waals surface area contributed by atoms with E-state index in [1.54, 1.807) is 10.7 Å². The molecule has 0 fully saturated rings. The van der Waals surface area contributed by atoms with Gasteiger partial charge in [-0.1, -0.05) is 24.3 Å². The Hall–Kier alpha value is -3.88. The van der Waals surface area contributed by atoms with Gasteiger partial charge < -0.3 is 0 Å². The summed E-state index contributed by atoms with van der Waals surface area (Å²) >= 11 is 0. The predicted molar refractivity (Wildman–Crippen MR) is 115 cm³/mol. The third kappa shape index (κ3) is 3.77. The van der Waals surface area contributed by atoms with Crippen molar-refractivity contribution in [2.45, 2.75) is 26.8 Å². The number of aromatic nitrogens is 3. The van der Waals surface area contributed by atoms with E-state index >= 15 is 0 Å². The topological polar surface area (TPSA) is 71.8 Å². The van der Waals surface area contributed by atoms with Crippen LogP contribution in [0, 0.1) is 24.4 Å². The fraction of sp³-hybridized carbons (Fsp3) is 0.174. The number of rotatable bonds is 5. The molecule has 0 bridgehead atoms. The van der Waals surface area contributed by atoms with Crippen LogP contribution in [0.5, 0.6) is 0 Å². The van der Waals surface area contributed by atoms with Gasteiger partial charge in [-0.15, -0.1) is 0 Å². The molecule has 4 rings (SSSR count). The van der Waals surface area contributed by atoms with Crippen LogP contribution in [-0.4, -0.2) is 20.7 Å². The van der Waals surface area contributed by atoms with Crippen molar-refractivity contribution >= 4 is 22.6 Å². The van der Waals surface area contributed by atoms with Crippen LogP contribution >= 0.6 is 0 Å². The smallest absolute Gasteiger partial charge is 0.270 e. The molecule has 0 aliphatic carbocycles. The lowest BCUT2D eigenvalue weighted by molar-refractivity contribution is 0.0964. The number of amides is 1. The van der Waals surface area contributed by atoms with Crippen LogP contribution in [0.1, 0.15) is 35.8 Å². The number of nitrogens with zero attached hydrogens (tertiary/aromatic N) is 3. The molecule has 164 valence electrons. The molecule has 0 atom stereocenters. The second-order valence-corrected chi connectivity index (χ2v) is 7.59. The Morgan fingerprint density at radius 2 is 1.81 bits per heavy atom. The van der Waals surface area contributed by atoms with Gasteiger partial charge in [0, 0.05) is 11.6 Å². The lowest BCUT2D eigenvalue weighted by Gasteiger charge is -2.13. The average Bonchev–Trinajstić information content (AvgIpc) is 3.21. The van der Waals surface area contributed by atoms with E-state index in [9.17, 15) is 18.0 Å². The number of carbonyl (C=O) groups excluding carboxylic acids is 1. The molecule has 2 N–H and O–H groups in total. The fourth-order valence-corrected chi connectivity index (χ4v) is 3.40. The van der Waals surface area contributed by atoms with E-state index in [1.165, 1.54) is 6.20 Å². The Labute approximate surface area is 182 Å². The van der Waals surface area contributed by atoms with E-state index in [4.69, 9.17) is 4.98 Å². The van der Waals surface area contributed by atoms with Crippen molar-refractivity contribution in [3.8, 4) is 11.3 Å². The second kappa shape index (κ2) is 8.33. The summed E-state index contributed by atoms with van der Waals surface area (Å²) in [5, 5.41) is 4.85. The molecular weight excluding hydrogens is 419 g/mol. The minimum absolute atomic E-state index is 0.00237. The quantitative estimate of drug-likeness (QED) is 0.333. The summed E-state index contributed by atoms with van der Waals surface area (Å²) in [6, 6.07) is 11.0. The summed E-state index contributed by atoms with van der Waals surface area (Å²) in [6.45, 7) is 5.83. The summed E-state index contributed by atoms with van der Waals surface area (Å²) < 4.78 is 42.3. The van der Waals surface area contributed by atoms with Crippen molar-refractivity contribution in [1.82, 2.24) is 20.2 Å². The average molecular weight is 439 g/mol. The SMILES string of the molecule is Cc1ccccc1-c1cc(C(=O)NNc2ccc(F)c(F)c2F)c2cnn(C(C)C)c2n1. The van der Waals surface area contributed by atoms with E-state index in [0.717, 1.165) is 23.3 Å². The van der Waals surface area contributed by atoms with Gasteiger partial charge in [-0.3, -0.25) is 15.6 Å². The van der Waals surface area contributed by atoms with Gasteiger partial charge >= 0.3 is 0 Å². The zero-order valence-electron chi connectivity index (χ0n) is 17.6. The van der Waals surface area contributed by atoms with E-state index in [2.05, 4.69) is 16.0 Å². The molecule has 0 aliphatic rings. The summed E-state index contributed by atoms with van der Waals surface area (Å²) in [5.41, 5.74) is 7.41.